The first-order chi connectivity index (χ1) is 15.2. The van der Waals surface area contributed by atoms with Gasteiger partial charge in [0.1, 0.15) is 10.9 Å². The van der Waals surface area contributed by atoms with Crippen molar-refractivity contribution in [3.05, 3.63) is 28.8 Å². The average molecular weight is 482 g/mol. The monoisotopic (exact) mass is 481 g/mol. The number of hydrogen-bond donors (Lipinski definition) is 0. The fourth-order valence-electron chi connectivity index (χ4n) is 5.94. The normalized spacial score (nSPS) is 27.9. The molecule has 1 saturated carbocycles. The second-order valence-electron chi connectivity index (χ2n) is 9.75. The maximum Gasteiger partial charge on any atom is 0.245 e. The summed E-state index contributed by atoms with van der Waals surface area (Å²) in [6.45, 7) is 7.04. The second kappa shape index (κ2) is 9.61. The second-order valence-corrected chi connectivity index (χ2v) is 12.0. The standard InChI is InChI=1S/C24H36ClN3O3S/c1-4-27-13-11-19(12-14-27)26(3)24(29)22-16-18-7-5-6-8-21(18)28(22)32(30,31)23-10-9-17(2)15-20(23)25/h9-10,15,18-19,21-22H,4-8,11-14,16H2,1-3H3/t18-,21-,22+/m1/s1. The van der Waals surface area contributed by atoms with Gasteiger partial charge in [-0.1, -0.05) is 37.4 Å². The van der Waals surface area contributed by atoms with E-state index < -0.39 is 16.1 Å². The van der Waals surface area contributed by atoms with Crippen LogP contribution in [0.5, 0.6) is 0 Å². The Morgan fingerprint density at radius 3 is 2.50 bits per heavy atom. The molecule has 178 valence electrons. The molecule has 3 aliphatic rings. The lowest BCUT2D eigenvalue weighted by Crippen LogP contribution is -2.53. The van der Waals surface area contributed by atoms with Crippen LogP contribution in [0.2, 0.25) is 5.02 Å². The van der Waals surface area contributed by atoms with Crippen LogP contribution in [0.3, 0.4) is 0 Å². The predicted molar refractivity (Wildman–Crippen MR) is 127 cm³/mol. The molecule has 8 heteroatoms. The SMILES string of the molecule is CCN1CCC(N(C)C(=O)[C@@H]2C[C@H]3CCCC[C@H]3N2S(=O)(=O)c2ccc(C)cc2Cl)CC1. The van der Waals surface area contributed by atoms with Gasteiger partial charge in [-0.15, -0.1) is 0 Å². The molecule has 32 heavy (non-hydrogen) atoms. The molecule has 2 aliphatic heterocycles. The van der Waals surface area contributed by atoms with Crippen molar-refractivity contribution in [3.63, 3.8) is 0 Å². The quantitative estimate of drug-likeness (QED) is 0.639. The summed E-state index contributed by atoms with van der Waals surface area (Å²) in [6.07, 6.45) is 6.40. The van der Waals surface area contributed by atoms with Gasteiger partial charge < -0.3 is 9.80 Å². The van der Waals surface area contributed by atoms with Crippen LogP contribution in [-0.2, 0) is 14.8 Å². The van der Waals surface area contributed by atoms with Crippen LogP contribution in [0.15, 0.2) is 23.1 Å². The largest absolute Gasteiger partial charge is 0.341 e. The molecular formula is C24H36ClN3O3S. The predicted octanol–water partition coefficient (Wildman–Crippen LogP) is 3.91. The summed E-state index contributed by atoms with van der Waals surface area (Å²) in [6, 6.07) is 4.47. The van der Waals surface area contributed by atoms with Crippen molar-refractivity contribution in [2.24, 2.45) is 5.92 Å². The van der Waals surface area contributed by atoms with Gasteiger partial charge in [0.2, 0.25) is 15.9 Å². The van der Waals surface area contributed by atoms with Gasteiger partial charge in [0.25, 0.3) is 0 Å². The van der Waals surface area contributed by atoms with Gasteiger partial charge in [-0.25, -0.2) is 8.42 Å². The number of likely N-dealkylation sites (tertiary alicyclic amines) is 1. The van der Waals surface area contributed by atoms with E-state index in [4.69, 9.17) is 11.6 Å². The Hall–Kier alpha value is -1.15. The van der Waals surface area contributed by atoms with E-state index in [1.807, 2.05) is 18.9 Å². The van der Waals surface area contributed by atoms with Gasteiger partial charge in [0.05, 0.1) is 5.02 Å². The number of halogens is 1. The van der Waals surface area contributed by atoms with Crippen LogP contribution in [0.4, 0.5) is 0 Å². The minimum Gasteiger partial charge on any atom is -0.341 e. The molecule has 1 aliphatic carbocycles. The van der Waals surface area contributed by atoms with Crippen molar-refractivity contribution in [1.82, 2.24) is 14.1 Å². The Kier molecular flexibility index (Phi) is 7.20. The number of carbonyl (C=O) groups excluding carboxylic acids is 1. The van der Waals surface area contributed by atoms with Crippen LogP contribution >= 0.6 is 11.6 Å². The summed E-state index contributed by atoms with van der Waals surface area (Å²) in [4.78, 5) is 18.1. The van der Waals surface area contributed by atoms with E-state index in [0.717, 1.165) is 63.7 Å². The fourth-order valence-corrected chi connectivity index (χ4v) is 8.39. The lowest BCUT2D eigenvalue weighted by molar-refractivity contribution is -0.136. The van der Waals surface area contributed by atoms with Gasteiger partial charge in [-0.3, -0.25) is 4.79 Å². The number of nitrogens with zero attached hydrogens (tertiary/aromatic N) is 3. The average Bonchev–Trinajstić information content (AvgIpc) is 3.18. The van der Waals surface area contributed by atoms with Crippen LogP contribution < -0.4 is 0 Å². The van der Waals surface area contributed by atoms with E-state index in [-0.39, 0.29) is 33.8 Å². The molecule has 0 aromatic heterocycles. The van der Waals surface area contributed by atoms with Crippen molar-refractivity contribution in [2.75, 3.05) is 26.7 Å². The molecule has 0 spiro atoms. The number of amides is 1. The Morgan fingerprint density at radius 2 is 1.84 bits per heavy atom. The van der Waals surface area contributed by atoms with E-state index in [1.165, 1.54) is 0 Å². The first-order valence-electron chi connectivity index (χ1n) is 12.0. The van der Waals surface area contributed by atoms with Crippen molar-refractivity contribution in [2.45, 2.75) is 81.8 Å². The molecule has 0 N–H and O–H groups in total. The molecule has 1 aromatic rings. The van der Waals surface area contributed by atoms with E-state index in [9.17, 15) is 13.2 Å². The Bertz CT molecular complexity index is 946. The minimum absolute atomic E-state index is 0.0545. The summed E-state index contributed by atoms with van der Waals surface area (Å²) < 4.78 is 29.3. The number of aryl methyl sites for hydroxylation is 1. The number of fused-ring (bicyclic) bond motifs is 1. The molecule has 2 saturated heterocycles. The van der Waals surface area contributed by atoms with Gasteiger partial charge >= 0.3 is 0 Å². The van der Waals surface area contributed by atoms with Crippen LogP contribution in [0.25, 0.3) is 0 Å². The zero-order chi connectivity index (χ0) is 23.0. The van der Waals surface area contributed by atoms with E-state index in [2.05, 4.69) is 11.8 Å². The Balaban J connectivity index is 1.63. The van der Waals surface area contributed by atoms with Gasteiger partial charge in [-0.2, -0.15) is 4.31 Å². The smallest absolute Gasteiger partial charge is 0.245 e. The zero-order valence-electron chi connectivity index (χ0n) is 19.5. The summed E-state index contributed by atoms with van der Waals surface area (Å²) >= 11 is 6.40. The lowest BCUT2D eigenvalue weighted by Gasteiger charge is -2.39. The van der Waals surface area contributed by atoms with Crippen molar-refractivity contribution >= 4 is 27.5 Å². The van der Waals surface area contributed by atoms with Crippen molar-refractivity contribution in [3.8, 4) is 0 Å². The summed E-state index contributed by atoms with van der Waals surface area (Å²) in [7, 11) is -2.02. The minimum atomic E-state index is -3.88. The third-order valence-corrected chi connectivity index (χ3v) is 10.3. The topological polar surface area (TPSA) is 60.9 Å². The summed E-state index contributed by atoms with van der Waals surface area (Å²) in [5, 5.41) is 0.232. The molecule has 1 aromatic carbocycles. The Labute approximate surface area is 197 Å². The number of piperidine rings is 1. The molecular weight excluding hydrogens is 446 g/mol. The number of benzene rings is 1. The Morgan fingerprint density at radius 1 is 1.16 bits per heavy atom. The third-order valence-electron chi connectivity index (χ3n) is 7.86. The molecule has 0 radical (unpaired) electrons. The molecule has 0 bridgehead atoms. The molecule has 2 heterocycles. The maximum absolute atomic E-state index is 13.9. The van der Waals surface area contributed by atoms with E-state index in [1.54, 1.807) is 22.5 Å². The van der Waals surface area contributed by atoms with Crippen LogP contribution in [0.1, 0.15) is 57.4 Å². The highest BCUT2D eigenvalue weighted by atomic mass is 35.5. The summed E-state index contributed by atoms with van der Waals surface area (Å²) in [5.41, 5.74) is 0.914. The number of hydrogen-bond acceptors (Lipinski definition) is 4. The number of carbonyl (C=O) groups is 1. The maximum atomic E-state index is 13.9. The highest BCUT2D eigenvalue weighted by Gasteiger charge is 2.52. The van der Waals surface area contributed by atoms with Crippen molar-refractivity contribution < 1.29 is 13.2 Å². The molecule has 4 rings (SSSR count). The van der Waals surface area contributed by atoms with Crippen molar-refractivity contribution in [1.29, 1.82) is 0 Å². The van der Waals surface area contributed by atoms with Gasteiger partial charge in [0.15, 0.2) is 0 Å². The van der Waals surface area contributed by atoms with Crippen LogP contribution in [0, 0.1) is 12.8 Å². The first kappa shape index (κ1) is 24.0. The number of sulfonamides is 1. The number of rotatable bonds is 5. The lowest BCUT2D eigenvalue weighted by atomic mass is 9.85. The van der Waals surface area contributed by atoms with Gasteiger partial charge in [0, 0.05) is 32.2 Å². The van der Waals surface area contributed by atoms with E-state index in [0.29, 0.717) is 6.42 Å². The molecule has 3 atom stereocenters. The highest BCUT2D eigenvalue weighted by molar-refractivity contribution is 7.89. The van der Waals surface area contributed by atoms with Gasteiger partial charge in [-0.05, 0) is 69.2 Å². The molecule has 6 nitrogen and oxygen atoms in total. The zero-order valence-corrected chi connectivity index (χ0v) is 21.0. The van der Waals surface area contributed by atoms with Crippen LogP contribution in [-0.4, -0.2) is 73.2 Å². The molecule has 0 unspecified atom stereocenters. The highest BCUT2D eigenvalue weighted by Crippen LogP contribution is 2.44. The fraction of sp³-hybridized carbons (Fsp3) is 0.708. The van der Waals surface area contributed by atoms with E-state index >= 15 is 0 Å². The third kappa shape index (κ3) is 4.46. The first-order valence-corrected chi connectivity index (χ1v) is 13.8. The summed E-state index contributed by atoms with van der Waals surface area (Å²) in [5.74, 6) is 0.188. The number of likely N-dealkylation sites (N-methyl/N-ethyl adjacent to an activating group) is 1. The molecule has 3 fully saturated rings. The molecule has 1 amide bonds.